The van der Waals surface area contributed by atoms with Crippen LogP contribution in [0.15, 0.2) is 36.4 Å². The topological polar surface area (TPSA) is 109 Å². The highest BCUT2D eigenvalue weighted by Gasteiger charge is 2.37. The lowest BCUT2D eigenvalue weighted by molar-refractivity contribution is -0.137. The van der Waals surface area contributed by atoms with Gasteiger partial charge in [-0.05, 0) is 36.4 Å². The third kappa shape index (κ3) is 3.87. The van der Waals surface area contributed by atoms with E-state index in [1.54, 1.807) is 6.07 Å². The predicted octanol–water partition coefficient (Wildman–Crippen LogP) is 2.12. The van der Waals surface area contributed by atoms with Gasteiger partial charge in [0.2, 0.25) is 12.7 Å². The van der Waals surface area contributed by atoms with Crippen LogP contribution in [-0.4, -0.2) is 49.2 Å². The maximum absolute atomic E-state index is 13.3. The van der Waals surface area contributed by atoms with E-state index in [4.69, 9.17) is 20.5 Å². The normalized spacial score (nSPS) is 17.8. The molecule has 4 rings (SSSR count). The van der Waals surface area contributed by atoms with E-state index in [2.05, 4.69) is 0 Å². The molecule has 2 aliphatic rings. The minimum absolute atomic E-state index is 0.0417. The van der Waals surface area contributed by atoms with Gasteiger partial charge in [0.15, 0.2) is 11.5 Å². The highest BCUT2D eigenvalue weighted by atomic mass is 19.4. The number of anilines is 1. The molecule has 0 saturated carbocycles. The first kappa shape index (κ1) is 21.3. The second-order valence-electron chi connectivity index (χ2n) is 7.27. The summed E-state index contributed by atoms with van der Waals surface area (Å²) in [4.78, 5) is 28.0. The minimum atomic E-state index is -4.71. The zero-order valence-electron chi connectivity index (χ0n) is 16.6. The lowest BCUT2D eigenvalue weighted by Crippen LogP contribution is -2.60. The fourth-order valence-electron chi connectivity index (χ4n) is 3.76. The van der Waals surface area contributed by atoms with Gasteiger partial charge in [-0.3, -0.25) is 9.59 Å². The van der Waals surface area contributed by atoms with Crippen LogP contribution in [0, 0.1) is 11.3 Å². The average molecular weight is 446 g/mol. The summed E-state index contributed by atoms with van der Waals surface area (Å²) in [6, 6.07) is 8.42. The van der Waals surface area contributed by atoms with Gasteiger partial charge in [0.25, 0.3) is 5.91 Å². The molecule has 0 aromatic heterocycles. The Labute approximate surface area is 180 Å². The molecule has 166 valence electrons. The summed E-state index contributed by atoms with van der Waals surface area (Å²) in [5.41, 5.74) is 4.41. The number of piperazine rings is 1. The molecule has 2 aromatic carbocycles. The Balaban J connectivity index is 1.58. The Morgan fingerprint density at radius 3 is 2.53 bits per heavy atom. The van der Waals surface area contributed by atoms with Crippen molar-refractivity contribution in [1.29, 1.82) is 5.26 Å². The van der Waals surface area contributed by atoms with Crippen LogP contribution in [0.4, 0.5) is 18.9 Å². The number of alkyl halides is 3. The molecule has 2 amide bonds. The number of hydrogen-bond donors (Lipinski definition) is 1. The second kappa shape index (κ2) is 7.96. The Bertz CT molecular complexity index is 1130. The molecule has 1 atom stereocenters. The number of ether oxygens (including phenoxy) is 2. The molecule has 11 heteroatoms. The Hall–Kier alpha value is -3.94. The molecule has 8 nitrogen and oxygen atoms in total. The monoisotopic (exact) mass is 446 g/mol. The number of benzene rings is 2. The third-order valence-electron chi connectivity index (χ3n) is 5.38. The molecular weight excluding hydrogens is 429 g/mol. The maximum Gasteiger partial charge on any atom is 0.417 e. The van der Waals surface area contributed by atoms with Crippen LogP contribution in [0.3, 0.4) is 0 Å². The number of carbonyl (C=O) groups is 2. The van der Waals surface area contributed by atoms with E-state index < -0.39 is 35.2 Å². The summed E-state index contributed by atoms with van der Waals surface area (Å²) >= 11 is 0. The van der Waals surface area contributed by atoms with Crippen LogP contribution in [0.2, 0.25) is 0 Å². The van der Waals surface area contributed by atoms with Gasteiger partial charge < -0.3 is 25.0 Å². The highest BCUT2D eigenvalue weighted by molar-refractivity contribution is 5.98. The first-order valence-corrected chi connectivity index (χ1v) is 9.55. The average Bonchev–Trinajstić information content (AvgIpc) is 3.25. The van der Waals surface area contributed by atoms with Gasteiger partial charge in [-0.2, -0.15) is 18.4 Å². The van der Waals surface area contributed by atoms with Gasteiger partial charge in [0, 0.05) is 30.9 Å². The number of primary amides is 1. The van der Waals surface area contributed by atoms with E-state index in [9.17, 15) is 22.8 Å². The summed E-state index contributed by atoms with van der Waals surface area (Å²) in [5, 5.41) is 8.97. The Kier molecular flexibility index (Phi) is 5.30. The molecule has 0 radical (unpaired) electrons. The number of amides is 2. The number of nitrogens with two attached hydrogens (primary N) is 1. The number of nitriles is 1. The van der Waals surface area contributed by atoms with Crippen molar-refractivity contribution in [2.75, 3.05) is 31.3 Å². The number of fused-ring (bicyclic) bond motifs is 1. The molecule has 1 saturated heterocycles. The molecule has 1 fully saturated rings. The summed E-state index contributed by atoms with van der Waals surface area (Å²) < 4.78 is 50.5. The summed E-state index contributed by atoms with van der Waals surface area (Å²) in [7, 11) is 0. The van der Waals surface area contributed by atoms with Crippen LogP contribution in [0.5, 0.6) is 11.5 Å². The van der Waals surface area contributed by atoms with Crippen molar-refractivity contribution >= 4 is 17.5 Å². The maximum atomic E-state index is 13.3. The number of carbonyl (C=O) groups excluding carboxylic acids is 2. The second-order valence-corrected chi connectivity index (χ2v) is 7.27. The van der Waals surface area contributed by atoms with E-state index in [-0.39, 0.29) is 37.7 Å². The van der Waals surface area contributed by atoms with Crippen LogP contribution in [0.25, 0.3) is 0 Å². The van der Waals surface area contributed by atoms with Gasteiger partial charge in [-0.15, -0.1) is 0 Å². The molecule has 2 aliphatic heterocycles. The molecule has 2 heterocycles. The van der Waals surface area contributed by atoms with Crippen LogP contribution in [-0.2, 0) is 11.0 Å². The molecule has 1 unspecified atom stereocenters. The number of rotatable bonds is 3. The molecule has 32 heavy (non-hydrogen) atoms. The molecule has 2 N–H and O–H groups in total. The molecule has 0 aliphatic carbocycles. The molecule has 0 spiro atoms. The zero-order chi connectivity index (χ0) is 23.0. The van der Waals surface area contributed by atoms with E-state index in [1.165, 1.54) is 34.1 Å². The fraction of sp³-hybridized carbons (Fsp3) is 0.286. The van der Waals surface area contributed by atoms with Crippen molar-refractivity contribution in [2.24, 2.45) is 5.73 Å². The van der Waals surface area contributed by atoms with Crippen molar-refractivity contribution < 1.29 is 32.2 Å². The van der Waals surface area contributed by atoms with Gasteiger partial charge in [-0.1, -0.05) is 0 Å². The first-order valence-electron chi connectivity index (χ1n) is 9.55. The number of hydrogen-bond acceptors (Lipinski definition) is 6. The molecular formula is C21H17F3N4O4. The van der Waals surface area contributed by atoms with E-state index >= 15 is 0 Å². The highest BCUT2D eigenvalue weighted by Crippen LogP contribution is 2.36. The fourth-order valence-corrected chi connectivity index (χ4v) is 3.76. The first-order chi connectivity index (χ1) is 15.2. The van der Waals surface area contributed by atoms with Gasteiger partial charge in [0.1, 0.15) is 6.04 Å². The summed E-state index contributed by atoms with van der Waals surface area (Å²) in [6.45, 7) is 0.181. The Morgan fingerprint density at radius 1 is 1.09 bits per heavy atom. The van der Waals surface area contributed by atoms with E-state index in [0.29, 0.717) is 11.5 Å². The van der Waals surface area contributed by atoms with Crippen molar-refractivity contribution in [3.05, 3.63) is 53.1 Å². The number of halogens is 3. The van der Waals surface area contributed by atoms with Crippen LogP contribution < -0.4 is 20.1 Å². The van der Waals surface area contributed by atoms with Crippen molar-refractivity contribution in [2.45, 2.75) is 12.2 Å². The smallest absolute Gasteiger partial charge is 0.417 e. The van der Waals surface area contributed by atoms with Crippen molar-refractivity contribution in [3.63, 3.8) is 0 Å². The molecule has 2 aromatic rings. The quantitative estimate of drug-likeness (QED) is 0.774. The molecule has 0 bridgehead atoms. The SMILES string of the molecule is N#Cc1ccc(N2CCN(C(=O)c3ccc4c(c3)OCO4)C(C(N)=O)C2)cc1C(F)(F)F. The van der Waals surface area contributed by atoms with Gasteiger partial charge in [-0.25, -0.2) is 0 Å². The number of nitrogens with zero attached hydrogens (tertiary/aromatic N) is 3. The van der Waals surface area contributed by atoms with Gasteiger partial charge in [0.05, 0.1) is 17.2 Å². The van der Waals surface area contributed by atoms with Crippen LogP contribution in [0.1, 0.15) is 21.5 Å². The standard InChI is InChI=1S/C21H17F3N4O4/c22-21(23,24)15-8-14(3-1-13(15)9-25)27-5-6-28(16(10-27)19(26)29)20(30)12-2-4-17-18(7-12)32-11-31-17/h1-4,7-8,16H,5-6,10-11H2,(H2,26,29). The van der Waals surface area contributed by atoms with Gasteiger partial charge >= 0.3 is 6.18 Å². The minimum Gasteiger partial charge on any atom is -0.454 e. The van der Waals surface area contributed by atoms with Crippen molar-refractivity contribution in [1.82, 2.24) is 4.90 Å². The lowest BCUT2D eigenvalue weighted by atomic mass is 10.0. The predicted molar refractivity (Wildman–Crippen MR) is 105 cm³/mol. The summed E-state index contributed by atoms with van der Waals surface area (Å²) in [5.74, 6) is -0.336. The lowest BCUT2D eigenvalue weighted by Gasteiger charge is -2.41. The van der Waals surface area contributed by atoms with Crippen LogP contribution >= 0.6 is 0 Å². The van der Waals surface area contributed by atoms with E-state index in [0.717, 1.165) is 12.1 Å². The largest absolute Gasteiger partial charge is 0.454 e. The zero-order valence-corrected chi connectivity index (χ0v) is 16.6. The van der Waals surface area contributed by atoms with Crippen molar-refractivity contribution in [3.8, 4) is 17.6 Å². The third-order valence-corrected chi connectivity index (χ3v) is 5.38. The Morgan fingerprint density at radius 2 is 1.84 bits per heavy atom. The van der Waals surface area contributed by atoms with E-state index in [1.807, 2.05) is 0 Å². The summed E-state index contributed by atoms with van der Waals surface area (Å²) in [6.07, 6.45) is -4.71.